The molecule has 2 N–H and O–H groups in total. The van der Waals surface area contributed by atoms with Crippen molar-refractivity contribution < 1.29 is 4.79 Å². The number of aromatic nitrogens is 2. The fourth-order valence-corrected chi connectivity index (χ4v) is 1.99. The highest BCUT2D eigenvalue weighted by Gasteiger charge is 2.20. The average Bonchev–Trinajstić information content (AvgIpc) is 2.48. The SMILES string of the molecule is CC(C)N(C(=O)c1cncnc1)c1ccc(CN)cc1. The molecule has 0 spiro atoms. The van der Waals surface area contributed by atoms with Crippen molar-refractivity contribution in [1.29, 1.82) is 0 Å². The van der Waals surface area contributed by atoms with Crippen molar-refractivity contribution in [3.05, 3.63) is 54.1 Å². The van der Waals surface area contributed by atoms with Gasteiger partial charge >= 0.3 is 0 Å². The second kappa shape index (κ2) is 6.25. The Bertz CT molecular complexity index is 566. The van der Waals surface area contributed by atoms with Gasteiger partial charge in [-0.25, -0.2) is 9.97 Å². The summed E-state index contributed by atoms with van der Waals surface area (Å²) in [6, 6.07) is 7.71. The number of amides is 1. The van der Waals surface area contributed by atoms with Gasteiger partial charge in [0, 0.05) is 30.7 Å². The van der Waals surface area contributed by atoms with Crippen LogP contribution in [0.4, 0.5) is 5.69 Å². The lowest BCUT2D eigenvalue weighted by Crippen LogP contribution is -2.37. The zero-order valence-electron chi connectivity index (χ0n) is 11.7. The van der Waals surface area contributed by atoms with E-state index in [-0.39, 0.29) is 11.9 Å². The summed E-state index contributed by atoms with van der Waals surface area (Å²) in [6.07, 6.45) is 4.46. The Hall–Kier alpha value is -2.27. The van der Waals surface area contributed by atoms with Gasteiger partial charge in [0.15, 0.2) is 0 Å². The first-order valence-electron chi connectivity index (χ1n) is 6.51. The molecule has 104 valence electrons. The summed E-state index contributed by atoms with van der Waals surface area (Å²) >= 11 is 0. The van der Waals surface area contributed by atoms with Gasteiger partial charge in [0.25, 0.3) is 5.91 Å². The number of benzene rings is 1. The topological polar surface area (TPSA) is 72.1 Å². The number of anilines is 1. The van der Waals surface area contributed by atoms with Gasteiger partial charge in [-0.05, 0) is 31.5 Å². The Morgan fingerprint density at radius 3 is 2.30 bits per heavy atom. The van der Waals surface area contributed by atoms with Crippen molar-refractivity contribution in [2.75, 3.05) is 4.90 Å². The standard InChI is InChI=1S/C15H18N4O/c1-11(2)19(14-5-3-12(7-16)4-6-14)15(20)13-8-17-10-18-9-13/h3-6,8-11H,7,16H2,1-2H3. The van der Waals surface area contributed by atoms with Crippen LogP contribution in [0.3, 0.4) is 0 Å². The van der Waals surface area contributed by atoms with E-state index in [0.717, 1.165) is 11.3 Å². The second-order valence-corrected chi connectivity index (χ2v) is 4.77. The van der Waals surface area contributed by atoms with Gasteiger partial charge in [0.1, 0.15) is 6.33 Å². The van der Waals surface area contributed by atoms with E-state index in [1.54, 1.807) is 4.90 Å². The van der Waals surface area contributed by atoms with Gasteiger partial charge in [-0.15, -0.1) is 0 Å². The lowest BCUT2D eigenvalue weighted by molar-refractivity contribution is 0.0979. The van der Waals surface area contributed by atoms with Crippen LogP contribution in [0.2, 0.25) is 0 Å². The predicted octanol–water partition coefficient (Wildman–Crippen LogP) is 1.99. The summed E-state index contributed by atoms with van der Waals surface area (Å²) in [5, 5.41) is 0. The summed E-state index contributed by atoms with van der Waals surface area (Å²) in [5.41, 5.74) is 7.94. The molecule has 2 aromatic rings. The number of hydrogen-bond donors (Lipinski definition) is 1. The molecule has 0 aliphatic heterocycles. The molecule has 0 saturated heterocycles. The summed E-state index contributed by atoms with van der Waals surface area (Å²) < 4.78 is 0. The van der Waals surface area contributed by atoms with E-state index in [1.165, 1.54) is 18.7 Å². The van der Waals surface area contributed by atoms with Crippen LogP contribution in [0.25, 0.3) is 0 Å². The highest BCUT2D eigenvalue weighted by Crippen LogP contribution is 2.20. The Morgan fingerprint density at radius 2 is 1.80 bits per heavy atom. The van der Waals surface area contributed by atoms with E-state index in [0.29, 0.717) is 12.1 Å². The number of nitrogens with zero attached hydrogens (tertiary/aromatic N) is 3. The number of rotatable bonds is 4. The zero-order chi connectivity index (χ0) is 14.5. The fourth-order valence-electron chi connectivity index (χ4n) is 1.99. The molecule has 1 aromatic heterocycles. The normalized spacial score (nSPS) is 10.6. The highest BCUT2D eigenvalue weighted by atomic mass is 16.2. The third-order valence-electron chi connectivity index (χ3n) is 2.99. The van der Waals surface area contributed by atoms with Crippen molar-refractivity contribution >= 4 is 11.6 Å². The van der Waals surface area contributed by atoms with E-state index >= 15 is 0 Å². The van der Waals surface area contributed by atoms with Gasteiger partial charge in [-0.3, -0.25) is 4.79 Å². The molecule has 0 aliphatic rings. The fraction of sp³-hybridized carbons (Fsp3) is 0.267. The molecule has 0 fully saturated rings. The number of carbonyl (C=O) groups excluding carboxylic acids is 1. The Morgan fingerprint density at radius 1 is 1.20 bits per heavy atom. The minimum atomic E-state index is -0.110. The maximum Gasteiger partial charge on any atom is 0.261 e. The van der Waals surface area contributed by atoms with Gasteiger partial charge in [-0.2, -0.15) is 0 Å². The molecule has 5 nitrogen and oxygen atoms in total. The molecule has 0 aliphatic carbocycles. The van der Waals surface area contributed by atoms with Crippen LogP contribution < -0.4 is 10.6 Å². The van der Waals surface area contributed by atoms with Crippen LogP contribution >= 0.6 is 0 Å². The van der Waals surface area contributed by atoms with Crippen LogP contribution in [0.1, 0.15) is 29.8 Å². The van der Waals surface area contributed by atoms with E-state index in [4.69, 9.17) is 5.73 Å². The van der Waals surface area contributed by atoms with Gasteiger partial charge in [0.05, 0.1) is 5.56 Å². The van der Waals surface area contributed by atoms with E-state index in [1.807, 2.05) is 38.1 Å². The molecule has 20 heavy (non-hydrogen) atoms. The smallest absolute Gasteiger partial charge is 0.261 e. The monoisotopic (exact) mass is 270 g/mol. The van der Waals surface area contributed by atoms with Crippen LogP contribution in [-0.2, 0) is 6.54 Å². The molecule has 0 unspecified atom stereocenters. The van der Waals surface area contributed by atoms with Crippen molar-refractivity contribution in [3.8, 4) is 0 Å². The first kappa shape index (κ1) is 14.1. The molecule has 0 saturated carbocycles. The Labute approximate surface area is 118 Å². The molecule has 1 heterocycles. The third-order valence-corrected chi connectivity index (χ3v) is 2.99. The molecule has 0 radical (unpaired) electrons. The van der Waals surface area contributed by atoms with Crippen LogP contribution in [0.15, 0.2) is 43.0 Å². The summed E-state index contributed by atoms with van der Waals surface area (Å²) in [4.78, 5) is 22.1. The Kier molecular flexibility index (Phi) is 4.42. The van der Waals surface area contributed by atoms with Crippen LogP contribution in [0, 0.1) is 0 Å². The molecule has 1 aromatic carbocycles. The summed E-state index contributed by atoms with van der Waals surface area (Å²) in [6.45, 7) is 4.43. The van der Waals surface area contributed by atoms with E-state index in [9.17, 15) is 4.79 Å². The third kappa shape index (κ3) is 3.00. The first-order valence-corrected chi connectivity index (χ1v) is 6.51. The van der Waals surface area contributed by atoms with Crippen molar-refractivity contribution in [3.63, 3.8) is 0 Å². The zero-order valence-corrected chi connectivity index (χ0v) is 11.7. The minimum absolute atomic E-state index is 0.0337. The molecular formula is C15H18N4O. The average molecular weight is 270 g/mol. The Balaban J connectivity index is 2.33. The van der Waals surface area contributed by atoms with Crippen molar-refractivity contribution in [1.82, 2.24) is 9.97 Å². The molecule has 0 bridgehead atoms. The van der Waals surface area contributed by atoms with Crippen molar-refractivity contribution in [2.24, 2.45) is 5.73 Å². The molecule has 2 rings (SSSR count). The quantitative estimate of drug-likeness (QED) is 0.922. The minimum Gasteiger partial charge on any atom is -0.326 e. The van der Waals surface area contributed by atoms with E-state index in [2.05, 4.69) is 9.97 Å². The van der Waals surface area contributed by atoms with Crippen LogP contribution in [0.5, 0.6) is 0 Å². The molecule has 0 atom stereocenters. The lowest BCUT2D eigenvalue weighted by atomic mass is 10.1. The second-order valence-electron chi connectivity index (χ2n) is 4.77. The largest absolute Gasteiger partial charge is 0.326 e. The highest BCUT2D eigenvalue weighted by molar-refractivity contribution is 6.06. The molecular weight excluding hydrogens is 252 g/mol. The van der Waals surface area contributed by atoms with Gasteiger partial charge in [0.2, 0.25) is 0 Å². The van der Waals surface area contributed by atoms with Gasteiger partial charge < -0.3 is 10.6 Å². The van der Waals surface area contributed by atoms with Gasteiger partial charge in [-0.1, -0.05) is 12.1 Å². The summed E-state index contributed by atoms with van der Waals surface area (Å²) in [7, 11) is 0. The summed E-state index contributed by atoms with van der Waals surface area (Å²) in [5.74, 6) is -0.110. The van der Waals surface area contributed by atoms with E-state index < -0.39 is 0 Å². The molecule has 1 amide bonds. The molecule has 5 heteroatoms. The maximum absolute atomic E-state index is 12.6. The predicted molar refractivity (Wildman–Crippen MR) is 78.3 cm³/mol. The van der Waals surface area contributed by atoms with Crippen molar-refractivity contribution in [2.45, 2.75) is 26.4 Å². The van der Waals surface area contributed by atoms with Crippen LogP contribution in [-0.4, -0.2) is 21.9 Å². The number of hydrogen-bond acceptors (Lipinski definition) is 4. The maximum atomic E-state index is 12.6. The number of carbonyl (C=O) groups is 1. The first-order chi connectivity index (χ1) is 9.63. The number of nitrogens with two attached hydrogens (primary N) is 1. The lowest BCUT2D eigenvalue weighted by Gasteiger charge is -2.27.